The smallest absolute Gasteiger partial charge is 0.273 e. The number of carbonyl (C=O) groups is 1. The Balaban J connectivity index is 2.24. The lowest BCUT2D eigenvalue weighted by Crippen LogP contribution is -2.27. The van der Waals surface area contributed by atoms with Crippen molar-refractivity contribution in [1.82, 2.24) is 15.1 Å². The zero-order chi connectivity index (χ0) is 16.4. The molecule has 0 saturated carbocycles. The lowest BCUT2D eigenvalue weighted by molar-refractivity contribution is -0.385. The van der Waals surface area contributed by atoms with E-state index in [0.717, 1.165) is 11.3 Å². The molecule has 0 spiro atoms. The van der Waals surface area contributed by atoms with Crippen LogP contribution in [-0.2, 0) is 7.05 Å². The van der Waals surface area contributed by atoms with E-state index in [-0.39, 0.29) is 17.6 Å². The highest BCUT2D eigenvalue weighted by Gasteiger charge is 2.20. The number of benzene rings is 1. The summed E-state index contributed by atoms with van der Waals surface area (Å²) in [5.41, 5.74) is 2.37. The van der Waals surface area contributed by atoms with E-state index in [9.17, 15) is 14.9 Å². The van der Waals surface area contributed by atoms with E-state index in [1.54, 1.807) is 17.7 Å². The first kappa shape index (κ1) is 15.7. The molecular weight excluding hydrogens is 284 g/mol. The Morgan fingerprint density at radius 1 is 1.41 bits per heavy atom. The molecule has 0 aliphatic heterocycles. The largest absolute Gasteiger partial charge is 0.345 e. The third kappa shape index (κ3) is 2.98. The van der Waals surface area contributed by atoms with Crippen LogP contribution in [0.4, 0.5) is 5.69 Å². The Kier molecular flexibility index (Phi) is 4.25. The predicted octanol–water partition coefficient (Wildman–Crippen LogP) is 2.44. The van der Waals surface area contributed by atoms with Gasteiger partial charge in [0.15, 0.2) is 0 Å². The highest BCUT2D eigenvalue weighted by Crippen LogP contribution is 2.22. The average molecular weight is 302 g/mol. The molecule has 7 heteroatoms. The van der Waals surface area contributed by atoms with Crippen molar-refractivity contribution in [2.75, 3.05) is 0 Å². The summed E-state index contributed by atoms with van der Waals surface area (Å²) in [5.74, 6) is -0.336. The van der Waals surface area contributed by atoms with Crippen molar-refractivity contribution in [3.05, 3.63) is 56.9 Å². The Morgan fingerprint density at radius 2 is 2.09 bits per heavy atom. The van der Waals surface area contributed by atoms with Gasteiger partial charge >= 0.3 is 0 Å². The number of hydrogen-bond acceptors (Lipinski definition) is 4. The lowest BCUT2D eigenvalue weighted by atomic mass is 10.0. The molecule has 0 saturated heterocycles. The zero-order valence-corrected chi connectivity index (χ0v) is 13.0. The van der Waals surface area contributed by atoms with Crippen LogP contribution in [0.5, 0.6) is 0 Å². The maximum absolute atomic E-state index is 12.4. The minimum absolute atomic E-state index is 0.0575. The quantitative estimate of drug-likeness (QED) is 0.693. The van der Waals surface area contributed by atoms with Gasteiger partial charge in [-0.2, -0.15) is 5.10 Å². The Morgan fingerprint density at radius 3 is 2.64 bits per heavy atom. The summed E-state index contributed by atoms with van der Waals surface area (Å²) in [7, 11) is 1.82. The highest BCUT2D eigenvalue weighted by molar-refractivity contribution is 5.96. The van der Waals surface area contributed by atoms with Crippen LogP contribution in [0.2, 0.25) is 0 Å². The normalized spacial score (nSPS) is 12.0. The second-order valence-corrected chi connectivity index (χ2v) is 5.25. The summed E-state index contributed by atoms with van der Waals surface area (Å²) in [6.07, 6.45) is 1.85. The van der Waals surface area contributed by atoms with Crippen LogP contribution in [-0.4, -0.2) is 20.6 Å². The van der Waals surface area contributed by atoms with Gasteiger partial charge in [-0.25, -0.2) is 0 Å². The minimum atomic E-state index is -0.485. The molecule has 116 valence electrons. The summed E-state index contributed by atoms with van der Waals surface area (Å²) in [6, 6.07) is 4.25. The maximum Gasteiger partial charge on any atom is 0.273 e. The van der Waals surface area contributed by atoms with E-state index < -0.39 is 4.92 Å². The van der Waals surface area contributed by atoms with Crippen LogP contribution in [0, 0.1) is 24.0 Å². The minimum Gasteiger partial charge on any atom is -0.345 e. The SMILES string of the molecule is Cc1nn(C)cc1C(C)NC(=O)c1cccc([N+](=O)[O-])c1C. The van der Waals surface area contributed by atoms with Crippen LogP contribution in [0.15, 0.2) is 24.4 Å². The van der Waals surface area contributed by atoms with Crippen LogP contribution in [0.25, 0.3) is 0 Å². The average Bonchev–Trinajstić information content (AvgIpc) is 2.77. The zero-order valence-electron chi connectivity index (χ0n) is 13.0. The number of nitro groups is 1. The van der Waals surface area contributed by atoms with Crippen molar-refractivity contribution in [2.45, 2.75) is 26.8 Å². The number of hydrogen-bond donors (Lipinski definition) is 1. The van der Waals surface area contributed by atoms with Gasteiger partial charge in [0.05, 0.1) is 16.7 Å². The van der Waals surface area contributed by atoms with E-state index in [2.05, 4.69) is 10.4 Å². The third-order valence-electron chi connectivity index (χ3n) is 3.61. The van der Waals surface area contributed by atoms with Crippen molar-refractivity contribution in [3.63, 3.8) is 0 Å². The second kappa shape index (κ2) is 5.97. The first-order valence-electron chi connectivity index (χ1n) is 6.86. The van der Waals surface area contributed by atoms with Gasteiger partial charge in [-0.05, 0) is 26.8 Å². The molecule has 1 N–H and O–H groups in total. The highest BCUT2D eigenvalue weighted by atomic mass is 16.6. The van der Waals surface area contributed by atoms with E-state index in [1.807, 2.05) is 27.1 Å². The van der Waals surface area contributed by atoms with Gasteiger partial charge in [-0.1, -0.05) is 6.07 Å². The summed E-state index contributed by atoms with van der Waals surface area (Å²) < 4.78 is 1.69. The van der Waals surface area contributed by atoms with Crippen molar-refractivity contribution < 1.29 is 9.72 Å². The number of amides is 1. The molecule has 0 radical (unpaired) electrons. The molecule has 0 fully saturated rings. The molecule has 7 nitrogen and oxygen atoms in total. The topological polar surface area (TPSA) is 90.1 Å². The number of rotatable bonds is 4. The third-order valence-corrected chi connectivity index (χ3v) is 3.61. The van der Waals surface area contributed by atoms with Gasteiger partial charge in [-0.3, -0.25) is 19.6 Å². The van der Waals surface area contributed by atoms with Crippen LogP contribution in [0.3, 0.4) is 0 Å². The molecule has 0 aliphatic carbocycles. The Labute approximate surface area is 128 Å². The molecule has 1 heterocycles. The summed E-state index contributed by atoms with van der Waals surface area (Å²) in [6.45, 7) is 5.30. The number of carbonyl (C=O) groups excluding carboxylic acids is 1. The Bertz CT molecular complexity index is 736. The first-order chi connectivity index (χ1) is 10.3. The van der Waals surface area contributed by atoms with Crippen LogP contribution < -0.4 is 5.32 Å². The van der Waals surface area contributed by atoms with Gasteiger partial charge in [0.1, 0.15) is 0 Å². The molecule has 1 unspecified atom stereocenters. The molecule has 1 aromatic carbocycles. The fourth-order valence-electron chi connectivity index (χ4n) is 2.46. The molecule has 1 amide bonds. The van der Waals surface area contributed by atoms with Crippen molar-refractivity contribution in [3.8, 4) is 0 Å². The van der Waals surface area contributed by atoms with Crippen LogP contribution >= 0.6 is 0 Å². The van der Waals surface area contributed by atoms with Gasteiger partial charge in [0.25, 0.3) is 11.6 Å². The number of aromatic nitrogens is 2. The fourth-order valence-corrected chi connectivity index (χ4v) is 2.46. The van der Waals surface area contributed by atoms with Gasteiger partial charge < -0.3 is 5.32 Å². The molecule has 0 bridgehead atoms. The maximum atomic E-state index is 12.4. The summed E-state index contributed by atoms with van der Waals surface area (Å²) in [4.78, 5) is 22.8. The molecule has 22 heavy (non-hydrogen) atoms. The standard InChI is InChI=1S/C15H18N4O3/c1-9-12(6-5-7-14(9)19(21)22)15(20)16-10(2)13-8-18(4)17-11(13)3/h5-8,10H,1-4H3,(H,16,20). The number of nitrogens with zero attached hydrogens (tertiary/aromatic N) is 3. The molecule has 0 aliphatic rings. The monoisotopic (exact) mass is 302 g/mol. The first-order valence-corrected chi connectivity index (χ1v) is 6.86. The van der Waals surface area contributed by atoms with Gasteiger partial charge in [0.2, 0.25) is 0 Å². The van der Waals surface area contributed by atoms with Gasteiger partial charge in [-0.15, -0.1) is 0 Å². The summed E-state index contributed by atoms with van der Waals surface area (Å²) >= 11 is 0. The number of nitro benzene ring substituents is 1. The second-order valence-electron chi connectivity index (χ2n) is 5.25. The van der Waals surface area contributed by atoms with E-state index in [4.69, 9.17) is 0 Å². The van der Waals surface area contributed by atoms with Crippen LogP contribution in [0.1, 0.15) is 40.1 Å². The molecule has 1 atom stereocenters. The van der Waals surface area contributed by atoms with Crippen molar-refractivity contribution in [2.24, 2.45) is 7.05 Å². The predicted molar refractivity (Wildman–Crippen MR) is 81.7 cm³/mol. The molecule has 2 rings (SSSR count). The molecular formula is C15H18N4O3. The van der Waals surface area contributed by atoms with E-state index in [0.29, 0.717) is 11.1 Å². The molecule has 1 aromatic heterocycles. The van der Waals surface area contributed by atoms with Gasteiger partial charge in [0, 0.05) is 36.0 Å². The van der Waals surface area contributed by atoms with E-state index >= 15 is 0 Å². The number of nitrogens with one attached hydrogen (secondary N) is 1. The molecule has 2 aromatic rings. The number of aryl methyl sites for hydroxylation is 2. The van der Waals surface area contributed by atoms with E-state index in [1.165, 1.54) is 12.1 Å². The van der Waals surface area contributed by atoms with Crippen molar-refractivity contribution >= 4 is 11.6 Å². The fraction of sp³-hybridized carbons (Fsp3) is 0.333. The lowest BCUT2D eigenvalue weighted by Gasteiger charge is -2.14. The Hall–Kier alpha value is -2.70. The van der Waals surface area contributed by atoms with Crippen molar-refractivity contribution in [1.29, 1.82) is 0 Å². The summed E-state index contributed by atoms with van der Waals surface area (Å²) in [5, 5.41) is 18.1.